The Morgan fingerprint density at radius 3 is 2.57 bits per heavy atom. The number of urea groups is 1. The highest BCUT2D eigenvalue weighted by Gasteiger charge is 2.35. The normalized spacial score (nSPS) is 17.2. The van der Waals surface area contributed by atoms with Gasteiger partial charge in [0, 0.05) is 23.0 Å². The Labute approximate surface area is 184 Å². The maximum absolute atomic E-state index is 13.5. The van der Waals surface area contributed by atoms with Gasteiger partial charge >= 0.3 is 6.03 Å². The van der Waals surface area contributed by atoms with Gasteiger partial charge in [-0.3, -0.25) is 4.79 Å². The predicted molar refractivity (Wildman–Crippen MR) is 123 cm³/mol. The molecule has 0 saturated heterocycles. The Morgan fingerprint density at radius 1 is 1.23 bits per heavy atom. The van der Waals surface area contributed by atoms with Crippen LogP contribution in [-0.4, -0.2) is 46.4 Å². The average Bonchev–Trinajstić information content (AvgIpc) is 3.18. The lowest BCUT2D eigenvalue weighted by atomic mass is 9.93. The molecule has 1 aromatic carbocycles. The van der Waals surface area contributed by atoms with Crippen LogP contribution in [0.3, 0.4) is 0 Å². The van der Waals surface area contributed by atoms with E-state index >= 15 is 0 Å². The molecule has 0 saturated carbocycles. The molecule has 2 atom stereocenters. The number of carbonyl (C=O) groups excluding carboxylic acids is 2. The summed E-state index contributed by atoms with van der Waals surface area (Å²) in [5.74, 6) is -0.00920. The molecule has 2 heterocycles. The molecule has 0 spiro atoms. The lowest BCUT2D eigenvalue weighted by molar-refractivity contribution is -0.134. The summed E-state index contributed by atoms with van der Waals surface area (Å²) in [4.78, 5) is 31.4. The largest absolute Gasteiger partial charge is 0.333 e. The van der Waals surface area contributed by atoms with Crippen LogP contribution in [0.25, 0.3) is 0 Å². The zero-order chi connectivity index (χ0) is 21.9. The maximum atomic E-state index is 13.5. The monoisotopic (exact) mass is 427 g/mol. The number of benzene rings is 1. The topological polar surface area (TPSA) is 52.7 Å². The summed E-state index contributed by atoms with van der Waals surface area (Å²) in [5.41, 5.74) is 1.97. The number of hydrogen-bond donors (Lipinski definition) is 1. The molecule has 1 aliphatic rings. The van der Waals surface area contributed by atoms with Crippen LogP contribution < -0.4 is 5.32 Å². The lowest BCUT2D eigenvalue weighted by Gasteiger charge is -2.39. The van der Waals surface area contributed by atoms with E-state index in [9.17, 15) is 9.59 Å². The highest BCUT2D eigenvalue weighted by Crippen LogP contribution is 2.37. The van der Waals surface area contributed by atoms with Crippen LogP contribution in [0.5, 0.6) is 0 Å². The van der Waals surface area contributed by atoms with Crippen molar-refractivity contribution < 1.29 is 9.59 Å². The zero-order valence-electron chi connectivity index (χ0n) is 18.6. The molecule has 30 heavy (non-hydrogen) atoms. The summed E-state index contributed by atoms with van der Waals surface area (Å²) in [7, 11) is 0. The van der Waals surface area contributed by atoms with Gasteiger partial charge in [0.25, 0.3) is 0 Å². The van der Waals surface area contributed by atoms with Gasteiger partial charge in [-0.05, 0) is 63.1 Å². The molecule has 1 N–H and O–H groups in total. The number of amides is 3. The Bertz CT molecular complexity index is 872. The van der Waals surface area contributed by atoms with E-state index in [-0.39, 0.29) is 36.1 Å². The molecule has 1 aliphatic heterocycles. The van der Waals surface area contributed by atoms with Gasteiger partial charge in [0.05, 0.1) is 6.04 Å². The van der Waals surface area contributed by atoms with Gasteiger partial charge in [0.1, 0.15) is 6.54 Å². The zero-order valence-corrected chi connectivity index (χ0v) is 19.5. The van der Waals surface area contributed by atoms with Crippen LogP contribution in [0.1, 0.15) is 63.1 Å². The Morgan fingerprint density at radius 2 is 1.93 bits per heavy atom. The third-order valence-electron chi connectivity index (χ3n) is 5.57. The quantitative estimate of drug-likeness (QED) is 0.743. The van der Waals surface area contributed by atoms with E-state index in [1.54, 1.807) is 16.2 Å². The highest BCUT2D eigenvalue weighted by atomic mass is 32.1. The van der Waals surface area contributed by atoms with Crippen molar-refractivity contribution in [3.8, 4) is 0 Å². The maximum Gasteiger partial charge on any atom is 0.318 e. The molecule has 0 aliphatic carbocycles. The van der Waals surface area contributed by atoms with Crippen molar-refractivity contribution in [1.29, 1.82) is 0 Å². The van der Waals surface area contributed by atoms with Gasteiger partial charge in [-0.2, -0.15) is 0 Å². The van der Waals surface area contributed by atoms with Crippen LogP contribution in [0.15, 0.2) is 41.8 Å². The van der Waals surface area contributed by atoms with E-state index in [2.05, 4.69) is 28.9 Å². The molecule has 0 radical (unpaired) electrons. The molecule has 0 bridgehead atoms. The van der Waals surface area contributed by atoms with E-state index in [1.165, 1.54) is 10.4 Å². The van der Waals surface area contributed by atoms with Crippen LogP contribution in [0.2, 0.25) is 0 Å². The van der Waals surface area contributed by atoms with Gasteiger partial charge in [-0.25, -0.2) is 4.79 Å². The summed E-state index contributed by atoms with van der Waals surface area (Å²) in [6.45, 7) is 10.6. The van der Waals surface area contributed by atoms with Crippen molar-refractivity contribution in [1.82, 2.24) is 15.1 Å². The second kappa shape index (κ2) is 9.21. The van der Waals surface area contributed by atoms with E-state index in [0.29, 0.717) is 6.54 Å². The van der Waals surface area contributed by atoms with Gasteiger partial charge in [0.15, 0.2) is 0 Å². The lowest BCUT2D eigenvalue weighted by Crippen LogP contribution is -2.55. The van der Waals surface area contributed by atoms with Crippen molar-refractivity contribution in [3.63, 3.8) is 0 Å². The van der Waals surface area contributed by atoms with Crippen molar-refractivity contribution >= 4 is 23.3 Å². The summed E-state index contributed by atoms with van der Waals surface area (Å²) in [5, 5.41) is 5.12. The molecule has 3 rings (SSSR count). The van der Waals surface area contributed by atoms with Gasteiger partial charge in [0.2, 0.25) is 5.91 Å². The van der Waals surface area contributed by atoms with E-state index in [4.69, 9.17) is 0 Å². The minimum Gasteiger partial charge on any atom is -0.333 e. The van der Waals surface area contributed by atoms with Crippen molar-refractivity contribution in [2.24, 2.45) is 0 Å². The van der Waals surface area contributed by atoms with E-state index < -0.39 is 0 Å². The predicted octanol–water partition coefficient (Wildman–Crippen LogP) is 4.83. The molecule has 3 amide bonds. The molecule has 5 nitrogen and oxygen atoms in total. The summed E-state index contributed by atoms with van der Waals surface area (Å²) in [6, 6.07) is 12.0. The molecule has 162 valence electrons. The number of nitrogens with one attached hydrogen (secondary N) is 1. The molecule has 2 unspecified atom stereocenters. The number of hydrogen-bond acceptors (Lipinski definition) is 3. The fourth-order valence-corrected chi connectivity index (χ4v) is 4.76. The van der Waals surface area contributed by atoms with Crippen molar-refractivity contribution in [2.45, 2.75) is 65.1 Å². The third-order valence-corrected chi connectivity index (χ3v) is 6.57. The summed E-state index contributed by atoms with van der Waals surface area (Å²) >= 11 is 1.76. The molecular weight excluding hydrogens is 394 g/mol. The minimum absolute atomic E-state index is 0.00920. The minimum atomic E-state index is -0.352. The smallest absolute Gasteiger partial charge is 0.318 e. The first-order valence-corrected chi connectivity index (χ1v) is 11.6. The van der Waals surface area contributed by atoms with E-state index in [1.807, 2.05) is 57.7 Å². The molecule has 0 fully saturated rings. The van der Waals surface area contributed by atoms with Gasteiger partial charge in [-0.1, -0.05) is 37.3 Å². The first-order valence-electron chi connectivity index (χ1n) is 10.7. The van der Waals surface area contributed by atoms with Crippen LogP contribution in [0, 0.1) is 0 Å². The van der Waals surface area contributed by atoms with Gasteiger partial charge in [-0.15, -0.1) is 11.3 Å². The third kappa shape index (κ3) is 5.04. The standard InChI is InChI=1S/C24H33N3O2S/c1-6-17(2)27(23(29)25-24(3,4)5)16-21(28)26-14-12-20-19(13-15-30-20)22(26)18-10-8-7-9-11-18/h7-11,13,15,17,22H,6,12,14,16H2,1-5H3,(H,25,29). The molecule has 2 aromatic rings. The van der Waals surface area contributed by atoms with Gasteiger partial charge < -0.3 is 15.1 Å². The number of thiophene rings is 1. The number of nitrogens with zero attached hydrogens (tertiary/aromatic N) is 2. The first kappa shape index (κ1) is 22.3. The SMILES string of the molecule is CCC(C)N(CC(=O)N1CCc2sccc2C1c1ccccc1)C(=O)NC(C)(C)C. The Hall–Kier alpha value is -2.34. The number of fused-ring (bicyclic) bond motifs is 1. The van der Waals surface area contributed by atoms with Crippen LogP contribution >= 0.6 is 11.3 Å². The molecule has 6 heteroatoms. The highest BCUT2D eigenvalue weighted by molar-refractivity contribution is 7.10. The molecule has 1 aromatic heterocycles. The second-order valence-corrected chi connectivity index (χ2v) is 10.0. The summed E-state index contributed by atoms with van der Waals surface area (Å²) in [6.07, 6.45) is 1.65. The van der Waals surface area contributed by atoms with Crippen molar-refractivity contribution in [3.05, 3.63) is 57.8 Å². The number of carbonyl (C=O) groups is 2. The second-order valence-electron chi connectivity index (χ2n) is 9.01. The summed E-state index contributed by atoms with van der Waals surface area (Å²) < 4.78 is 0. The van der Waals surface area contributed by atoms with Crippen LogP contribution in [0.4, 0.5) is 4.79 Å². The average molecular weight is 428 g/mol. The molecular formula is C24H33N3O2S. The number of rotatable bonds is 5. The van der Waals surface area contributed by atoms with E-state index in [0.717, 1.165) is 18.4 Å². The van der Waals surface area contributed by atoms with Crippen LogP contribution in [-0.2, 0) is 11.2 Å². The fraction of sp³-hybridized carbons (Fsp3) is 0.500. The Balaban J connectivity index is 1.87. The fourth-order valence-electron chi connectivity index (χ4n) is 3.86. The first-order chi connectivity index (χ1) is 14.2. The van der Waals surface area contributed by atoms with Crippen molar-refractivity contribution in [2.75, 3.05) is 13.1 Å². The Kier molecular flexibility index (Phi) is 6.86.